The highest BCUT2D eigenvalue weighted by Gasteiger charge is 1.97. The Morgan fingerprint density at radius 1 is 1.29 bits per heavy atom. The van der Waals surface area contributed by atoms with Gasteiger partial charge in [0.25, 0.3) is 0 Å². The minimum atomic E-state index is 1.07. The molecule has 0 unspecified atom stereocenters. The fourth-order valence-corrected chi connectivity index (χ4v) is 1.78. The highest BCUT2D eigenvalue weighted by atomic mass is 14.0. The second-order valence-electron chi connectivity index (χ2n) is 4.17. The molecule has 0 heteroatoms. The lowest BCUT2D eigenvalue weighted by molar-refractivity contribution is 1.37. The lowest BCUT2D eigenvalue weighted by Crippen LogP contribution is -2.26. The Labute approximate surface area is 104 Å². The van der Waals surface area contributed by atoms with Crippen LogP contribution in [0.4, 0.5) is 0 Å². The third-order valence-electron chi connectivity index (χ3n) is 2.67. The molecule has 0 aliphatic carbocycles. The van der Waals surface area contributed by atoms with E-state index in [0.29, 0.717) is 0 Å². The number of allylic oxidation sites excluding steroid dienone is 4. The molecule has 0 aliphatic heterocycles. The van der Waals surface area contributed by atoms with Crippen molar-refractivity contribution in [2.24, 2.45) is 0 Å². The normalized spacial score (nSPS) is 13.9. The lowest BCUT2D eigenvalue weighted by Gasteiger charge is -2.03. The van der Waals surface area contributed by atoms with Crippen molar-refractivity contribution in [2.45, 2.75) is 20.8 Å². The van der Waals surface area contributed by atoms with Crippen LogP contribution in [0, 0.1) is 6.92 Å². The molecule has 0 bridgehead atoms. The highest BCUT2D eigenvalue weighted by molar-refractivity contribution is 5.71. The zero-order chi connectivity index (χ0) is 12.8. The van der Waals surface area contributed by atoms with Gasteiger partial charge in [0, 0.05) is 0 Å². The standard InChI is InChI=1S/C17H20/c1-6-8-9-16(13(3)4)17-12-14(5)10-11-15(17)7-2/h6-12H,1,3H2,2,4-5H3. The van der Waals surface area contributed by atoms with E-state index in [1.54, 1.807) is 6.08 Å². The summed E-state index contributed by atoms with van der Waals surface area (Å²) in [5.41, 5.74) is 3.50. The van der Waals surface area contributed by atoms with Crippen molar-refractivity contribution in [2.75, 3.05) is 0 Å². The van der Waals surface area contributed by atoms with E-state index in [9.17, 15) is 0 Å². The number of hydrogen-bond acceptors (Lipinski definition) is 0. The Morgan fingerprint density at radius 3 is 2.53 bits per heavy atom. The molecule has 0 saturated heterocycles. The number of aryl methyl sites for hydroxylation is 1. The molecule has 0 radical (unpaired) electrons. The molecular formula is C17H20. The summed E-state index contributed by atoms with van der Waals surface area (Å²) in [4.78, 5) is 0. The summed E-state index contributed by atoms with van der Waals surface area (Å²) >= 11 is 0. The second kappa shape index (κ2) is 6.05. The van der Waals surface area contributed by atoms with Crippen molar-refractivity contribution in [3.63, 3.8) is 0 Å². The van der Waals surface area contributed by atoms with E-state index < -0.39 is 0 Å². The number of rotatable bonds is 3. The van der Waals surface area contributed by atoms with Gasteiger partial charge in [-0.25, -0.2) is 0 Å². The zero-order valence-corrected chi connectivity index (χ0v) is 11.0. The molecule has 1 aromatic carbocycles. The molecule has 0 fully saturated rings. The summed E-state index contributed by atoms with van der Waals surface area (Å²) in [6, 6.07) is 6.48. The fourth-order valence-electron chi connectivity index (χ4n) is 1.78. The van der Waals surface area contributed by atoms with Crippen LogP contribution in [0.3, 0.4) is 0 Å². The van der Waals surface area contributed by atoms with Crippen molar-refractivity contribution < 1.29 is 0 Å². The average Bonchev–Trinajstić information content (AvgIpc) is 2.29. The van der Waals surface area contributed by atoms with Crippen LogP contribution in [0.25, 0.3) is 11.6 Å². The zero-order valence-electron chi connectivity index (χ0n) is 11.0. The SMILES string of the molecule is C=CC=CC(C(=C)C)=c1cc(C)ccc1=CC. The molecule has 0 nitrogen and oxygen atoms in total. The van der Waals surface area contributed by atoms with Crippen LogP contribution in [0.1, 0.15) is 19.4 Å². The van der Waals surface area contributed by atoms with Gasteiger partial charge in [0.05, 0.1) is 0 Å². The molecule has 0 heterocycles. The first-order chi connectivity index (χ1) is 8.10. The molecule has 0 aromatic heterocycles. The molecular weight excluding hydrogens is 204 g/mol. The third kappa shape index (κ3) is 3.32. The van der Waals surface area contributed by atoms with Gasteiger partial charge < -0.3 is 0 Å². The Balaban J connectivity index is 3.74. The van der Waals surface area contributed by atoms with Crippen molar-refractivity contribution in [3.8, 4) is 0 Å². The quantitative estimate of drug-likeness (QED) is 0.691. The maximum atomic E-state index is 4.05. The van der Waals surface area contributed by atoms with Crippen molar-refractivity contribution in [3.05, 3.63) is 71.2 Å². The smallest absolute Gasteiger partial charge is 0.0110 e. The summed E-state index contributed by atoms with van der Waals surface area (Å²) in [7, 11) is 0. The first-order valence-corrected chi connectivity index (χ1v) is 5.82. The van der Waals surface area contributed by atoms with Gasteiger partial charge in [0.1, 0.15) is 0 Å². The summed E-state index contributed by atoms with van der Waals surface area (Å²) < 4.78 is 0. The predicted molar refractivity (Wildman–Crippen MR) is 78.1 cm³/mol. The molecule has 88 valence electrons. The Bertz CT molecular complexity index is 569. The molecule has 1 aromatic rings. The largest absolute Gasteiger partial charge is 0.0991 e. The minimum Gasteiger partial charge on any atom is -0.0991 e. The van der Waals surface area contributed by atoms with E-state index in [0.717, 1.165) is 5.57 Å². The van der Waals surface area contributed by atoms with Gasteiger partial charge >= 0.3 is 0 Å². The minimum absolute atomic E-state index is 1.07. The molecule has 0 spiro atoms. The number of benzene rings is 1. The fraction of sp³-hybridized carbons (Fsp3) is 0.176. The first-order valence-electron chi connectivity index (χ1n) is 5.82. The van der Waals surface area contributed by atoms with Crippen LogP contribution in [0.15, 0.2) is 55.2 Å². The van der Waals surface area contributed by atoms with E-state index in [1.165, 1.54) is 21.6 Å². The van der Waals surface area contributed by atoms with Gasteiger partial charge in [-0.05, 0) is 36.8 Å². The van der Waals surface area contributed by atoms with Crippen LogP contribution in [-0.4, -0.2) is 0 Å². The van der Waals surface area contributed by atoms with E-state index >= 15 is 0 Å². The Hall–Kier alpha value is -1.82. The average molecular weight is 224 g/mol. The maximum absolute atomic E-state index is 4.05. The van der Waals surface area contributed by atoms with Gasteiger partial charge in [-0.15, -0.1) is 0 Å². The van der Waals surface area contributed by atoms with E-state index in [-0.39, 0.29) is 0 Å². The van der Waals surface area contributed by atoms with Gasteiger partial charge in [0.2, 0.25) is 0 Å². The van der Waals surface area contributed by atoms with E-state index in [1.807, 2.05) is 13.0 Å². The van der Waals surface area contributed by atoms with Crippen LogP contribution >= 0.6 is 0 Å². The summed E-state index contributed by atoms with van der Waals surface area (Å²) in [5, 5.41) is 2.47. The molecule has 0 amide bonds. The van der Waals surface area contributed by atoms with Crippen molar-refractivity contribution in [1.82, 2.24) is 0 Å². The van der Waals surface area contributed by atoms with E-state index in [2.05, 4.69) is 57.4 Å². The number of hydrogen-bond donors (Lipinski definition) is 0. The maximum Gasteiger partial charge on any atom is -0.0110 e. The van der Waals surface area contributed by atoms with Gasteiger partial charge in [-0.2, -0.15) is 0 Å². The van der Waals surface area contributed by atoms with Crippen molar-refractivity contribution >= 4 is 11.6 Å². The second-order valence-corrected chi connectivity index (χ2v) is 4.17. The van der Waals surface area contributed by atoms with Gasteiger partial charge in [0.15, 0.2) is 0 Å². The van der Waals surface area contributed by atoms with Gasteiger partial charge in [-0.3, -0.25) is 0 Å². The monoisotopic (exact) mass is 224 g/mol. The van der Waals surface area contributed by atoms with Gasteiger partial charge in [-0.1, -0.05) is 66.8 Å². The van der Waals surface area contributed by atoms with Crippen LogP contribution < -0.4 is 10.4 Å². The van der Waals surface area contributed by atoms with Crippen molar-refractivity contribution in [1.29, 1.82) is 0 Å². The summed E-state index contributed by atoms with van der Waals surface area (Å²) in [6.07, 6.45) is 7.93. The predicted octanol–water partition coefficient (Wildman–Crippen LogP) is 3.26. The topological polar surface area (TPSA) is 0 Å². The van der Waals surface area contributed by atoms with Crippen LogP contribution in [0.5, 0.6) is 0 Å². The molecule has 0 N–H and O–H groups in total. The lowest BCUT2D eigenvalue weighted by atomic mass is 10.0. The molecule has 0 aliphatic rings. The summed E-state index contributed by atoms with van der Waals surface area (Å²) in [5.74, 6) is 0. The molecule has 0 atom stereocenters. The van der Waals surface area contributed by atoms with Crippen LogP contribution in [-0.2, 0) is 0 Å². The summed E-state index contributed by atoms with van der Waals surface area (Å²) in [6.45, 7) is 14.0. The Morgan fingerprint density at radius 2 is 2.00 bits per heavy atom. The molecule has 0 saturated carbocycles. The highest BCUT2D eigenvalue weighted by Crippen LogP contribution is 2.07. The molecule has 1 rings (SSSR count). The third-order valence-corrected chi connectivity index (χ3v) is 2.67. The van der Waals surface area contributed by atoms with Crippen LogP contribution in [0.2, 0.25) is 0 Å². The molecule has 17 heavy (non-hydrogen) atoms. The Kier molecular flexibility index (Phi) is 4.71. The first kappa shape index (κ1) is 13.2. The van der Waals surface area contributed by atoms with E-state index in [4.69, 9.17) is 0 Å².